The molecule has 0 atom stereocenters. The number of H-pyrrole nitrogens is 1. The van der Waals surface area contributed by atoms with E-state index in [1.807, 2.05) is 0 Å². The molecule has 0 saturated carbocycles. The number of carboxylic acids is 1. The molecule has 122 valence electrons. The van der Waals surface area contributed by atoms with Gasteiger partial charge in [0, 0.05) is 10.4 Å². The summed E-state index contributed by atoms with van der Waals surface area (Å²) in [6.07, 6.45) is 0. The highest BCUT2D eigenvalue weighted by Gasteiger charge is 2.32. The van der Waals surface area contributed by atoms with E-state index in [9.17, 15) is 20.0 Å². The maximum atomic E-state index is 11.6. The third-order valence-corrected chi connectivity index (χ3v) is 4.40. The Kier molecular flexibility index (Phi) is 4.05. The molecular weight excluding hydrogens is 332 g/mol. The minimum absolute atomic E-state index is 0.0910. The number of ether oxygens (including phenoxy) is 1. The van der Waals surface area contributed by atoms with Crippen molar-refractivity contribution >= 4 is 23.0 Å². The summed E-state index contributed by atoms with van der Waals surface area (Å²) in [7, 11) is 1.52. The first-order chi connectivity index (χ1) is 11.5. The molecule has 0 saturated heterocycles. The zero-order chi connectivity index (χ0) is 17.3. The number of hydrogen-bond donors (Lipinski definition) is 2. The predicted octanol–water partition coefficient (Wildman–Crippen LogP) is 4.03. The topological polar surface area (TPSA) is 105 Å². The third-order valence-electron chi connectivity index (χ3n) is 3.52. The van der Waals surface area contributed by atoms with Crippen LogP contribution in [0.4, 0.5) is 5.69 Å². The van der Waals surface area contributed by atoms with Gasteiger partial charge in [0.15, 0.2) is 0 Å². The predicted molar refractivity (Wildman–Crippen MR) is 89.7 cm³/mol. The first-order valence-corrected chi connectivity index (χ1v) is 7.73. The molecule has 2 heterocycles. The number of nitro groups is 1. The van der Waals surface area contributed by atoms with E-state index < -0.39 is 10.9 Å². The standard InChI is InChI=1S/C16H12N2O5S/c1-23-10-6-4-9(5-7-10)13-15(18(21)22)12(11-3-2-8-24-11)14(17-13)16(19)20/h2-8,17H,1H3,(H,19,20). The van der Waals surface area contributed by atoms with Gasteiger partial charge < -0.3 is 14.8 Å². The molecule has 0 bridgehead atoms. The van der Waals surface area contributed by atoms with Crippen LogP contribution in [-0.2, 0) is 0 Å². The minimum Gasteiger partial charge on any atom is -0.497 e. The van der Waals surface area contributed by atoms with Crippen molar-refractivity contribution in [2.24, 2.45) is 0 Å². The van der Waals surface area contributed by atoms with Gasteiger partial charge >= 0.3 is 11.7 Å². The van der Waals surface area contributed by atoms with E-state index in [0.29, 0.717) is 16.2 Å². The quantitative estimate of drug-likeness (QED) is 0.537. The smallest absolute Gasteiger partial charge is 0.353 e. The average molecular weight is 344 g/mol. The van der Waals surface area contributed by atoms with E-state index in [-0.39, 0.29) is 22.6 Å². The van der Waals surface area contributed by atoms with Crippen LogP contribution in [0.15, 0.2) is 41.8 Å². The normalized spacial score (nSPS) is 10.5. The van der Waals surface area contributed by atoms with Crippen molar-refractivity contribution < 1.29 is 19.6 Å². The average Bonchev–Trinajstić information content (AvgIpc) is 3.21. The van der Waals surface area contributed by atoms with Crippen LogP contribution in [0.1, 0.15) is 10.5 Å². The fourth-order valence-corrected chi connectivity index (χ4v) is 3.24. The van der Waals surface area contributed by atoms with E-state index in [1.54, 1.807) is 41.8 Å². The number of hydrogen-bond acceptors (Lipinski definition) is 5. The zero-order valence-corrected chi connectivity index (χ0v) is 13.3. The number of rotatable bonds is 5. The minimum atomic E-state index is -1.25. The lowest BCUT2D eigenvalue weighted by atomic mass is 10.1. The lowest BCUT2D eigenvalue weighted by molar-refractivity contribution is -0.383. The molecule has 2 N–H and O–H groups in total. The number of methoxy groups -OCH3 is 1. The molecule has 24 heavy (non-hydrogen) atoms. The first kappa shape index (κ1) is 15.8. The number of aromatic amines is 1. The highest BCUT2D eigenvalue weighted by Crippen LogP contribution is 2.43. The Morgan fingerprint density at radius 1 is 1.29 bits per heavy atom. The van der Waals surface area contributed by atoms with Gasteiger partial charge in [-0.3, -0.25) is 10.1 Å². The molecule has 0 amide bonds. The zero-order valence-electron chi connectivity index (χ0n) is 12.5. The van der Waals surface area contributed by atoms with Gasteiger partial charge in [0.2, 0.25) is 0 Å². The lowest BCUT2D eigenvalue weighted by Gasteiger charge is -2.02. The number of nitrogens with one attached hydrogen (secondary N) is 1. The van der Waals surface area contributed by atoms with Crippen molar-refractivity contribution in [1.29, 1.82) is 0 Å². The molecule has 0 spiro atoms. The molecule has 7 nitrogen and oxygen atoms in total. The summed E-state index contributed by atoms with van der Waals surface area (Å²) in [5.41, 5.74) is 0.305. The van der Waals surface area contributed by atoms with Crippen LogP contribution in [0.25, 0.3) is 21.7 Å². The van der Waals surface area contributed by atoms with Crippen LogP contribution in [0.5, 0.6) is 5.75 Å². The number of nitrogens with zero attached hydrogens (tertiary/aromatic N) is 1. The molecule has 0 fully saturated rings. The Balaban J connectivity index is 2.28. The van der Waals surface area contributed by atoms with Gasteiger partial charge in [-0.25, -0.2) is 4.79 Å². The molecule has 8 heteroatoms. The summed E-state index contributed by atoms with van der Waals surface area (Å²) in [4.78, 5) is 25.9. The van der Waals surface area contributed by atoms with Gasteiger partial charge in [0.05, 0.1) is 12.0 Å². The van der Waals surface area contributed by atoms with E-state index in [4.69, 9.17) is 4.74 Å². The number of aromatic carboxylic acids is 1. The summed E-state index contributed by atoms with van der Waals surface area (Å²) in [5.74, 6) is -0.647. The molecular formula is C16H12N2O5S. The van der Waals surface area contributed by atoms with Crippen molar-refractivity contribution in [2.45, 2.75) is 0 Å². The van der Waals surface area contributed by atoms with Gasteiger partial charge in [-0.1, -0.05) is 6.07 Å². The van der Waals surface area contributed by atoms with Crippen molar-refractivity contribution in [3.8, 4) is 27.4 Å². The van der Waals surface area contributed by atoms with E-state index >= 15 is 0 Å². The van der Waals surface area contributed by atoms with Crippen molar-refractivity contribution in [1.82, 2.24) is 4.98 Å². The van der Waals surface area contributed by atoms with Crippen LogP contribution in [0.3, 0.4) is 0 Å². The SMILES string of the molecule is COc1ccc(-c2[nH]c(C(=O)O)c(-c3cccs3)c2[N+](=O)[O-])cc1. The second kappa shape index (κ2) is 6.17. The third kappa shape index (κ3) is 2.63. The van der Waals surface area contributed by atoms with Gasteiger partial charge in [-0.2, -0.15) is 0 Å². The van der Waals surface area contributed by atoms with Gasteiger partial charge in [-0.05, 0) is 35.7 Å². The molecule has 1 aromatic carbocycles. The molecule has 2 aromatic heterocycles. The second-order valence-electron chi connectivity index (χ2n) is 4.87. The van der Waals surface area contributed by atoms with Crippen molar-refractivity contribution in [3.05, 3.63) is 57.6 Å². The molecule has 0 aliphatic rings. The Hall–Kier alpha value is -3.13. The number of benzene rings is 1. The number of carboxylic acid groups (broad SMARTS) is 1. The fourth-order valence-electron chi connectivity index (χ4n) is 2.46. The van der Waals surface area contributed by atoms with Crippen LogP contribution in [0.2, 0.25) is 0 Å². The van der Waals surface area contributed by atoms with Crippen LogP contribution in [0, 0.1) is 10.1 Å². The van der Waals surface area contributed by atoms with Crippen molar-refractivity contribution in [2.75, 3.05) is 7.11 Å². The largest absolute Gasteiger partial charge is 0.497 e. The van der Waals surface area contributed by atoms with Gasteiger partial charge in [-0.15, -0.1) is 11.3 Å². The van der Waals surface area contributed by atoms with E-state index in [2.05, 4.69) is 4.98 Å². The fraction of sp³-hybridized carbons (Fsp3) is 0.0625. The van der Waals surface area contributed by atoms with Gasteiger partial charge in [0.25, 0.3) is 0 Å². The molecule has 0 radical (unpaired) electrons. The van der Waals surface area contributed by atoms with E-state index in [0.717, 1.165) is 0 Å². The maximum absolute atomic E-state index is 11.6. The lowest BCUT2D eigenvalue weighted by Crippen LogP contribution is -1.99. The molecule has 0 aliphatic carbocycles. The van der Waals surface area contributed by atoms with Gasteiger partial charge in [0.1, 0.15) is 22.7 Å². The number of thiophene rings is 1. The number of aromatic nitrogens is 1. The molecule has 3 aromatic rings. The molecule has 0 unspecified atom stereocenters. The Labute approximate surface area is 140 Å². The van der Waals surface area contributed by atoms with Crippen molar-refractivity contribution in [3.63, 3.8) is 0 Å². The molecule has 3 rings (SSSR count). The van der Waals surface area contributed by atoms with E-state index in [1.165, 1.54) is 18.4 Å². The monoisotopic (exact) mass is 344 g/mol. The maximum Gasteiger partial charge on any atom is 0.353 e. The highest BCUT2D eigenvalue weighted by atomic mass is 32.1. The summed E-state index contributed by atoms with van der Waals surface area (Å²) in [5, 5.41) is 22.8. The Morgan fingerprint density at radius 2 is 2.00 bits per heavy atom. The number of carbonyl (C=O) groups is 1. The summed E-state index contributed by atoms with van der Waals surface area (Å²) in [6, 6.07) is 9.97. The summed E-state index contributed by atoms with van der Waals surface area (Å²) in [6.45, 7) is 0. The first-order valence-electron chi connectivity index (χ1n) is 6.85. The summed E-state index contributed by atoms with van der Waals surface area (Å²) >= 11 is 1.25. The summed E-state index contributed by atoms with van der Waals surface area (Å²) < 4.78 is 5.07. The Bertz CT molecular complexity index is 897. The molecule has 0 aliphatic heterocycles. The van der Waals surface area contributed by atoms with Crippen LogP contribution in [-0.4, -0.2) is 28.1 Å². The van der Waals surface area contributed by atoms with Crippen LogP contribution < -0.4 is 4.74 Å². The second-order valence-corrected chi connectivity index (χ2v) is 5.81. The highest BCUT2D eigenvalue weighted by molar-refractivity contribution is 7.13. The Morgan fingerprint density at radius 3 is 2.50 bits per heavy atom. The van der Waals surface area contributed by atoms with Crippen LogP contribution >= 0.6 is 11.3 Å².